The first-order valence-corrected chi connectivity index (χ1v) is 7.25. The van der Waals surface area contributed by atoms with E-state index in [1.54, 1.807) is 18.2 Å². The number of phenolic OH excluding ortho intramolecular Hbond substituents is 2. The lowest BCUT2D eigenvalue weighted by molar-refractivity contribution is 0.474. The molecule has 0 fully saturated rings. The third-order valence-electron chi connectivity index (χ3n) is 2.38. The van der Waals surface area contributed by atoms with E-state index in [2.05, 4.69) is 12.7 Å². The molecule has 1 atom stereocenters. The standard InChI is InChI=1S/C8H11OP.C7H8O/c1-6-3-7(9)5-8(4-6)10-2;1-6-2-4-7(8)5-3-6/h3-5,9-10H,1-2H3;2-5,8H,1H3. The van der Waals surface area contributed by atoms with Crippen molar-refractivity contribution in [1.82, 2.24) is 0 Å². The van der Waals surface area contributed by atoms with Crippen LogP contribution in [-0.4, -0.2) is 16.9 Å². The summed E-state index contributed by atoms with van der Waals surface area (Å²) in [5, 5.41) is 19.1. The van der Waals surface area contributed by atoms with Gasteiger partial charge in [0.05, 0.1) is 0 Å². The first-order valence-electron chi connectivity index (χ1n) is 5.75. The summed E-state index contributed by atoms with van der Waals surface area (Å²) >= 11 is 0. The minimum Gasteiger partial charge on any atom is -0.508 e. The van der Waals surface area contributed by atoms with Crippen LogP contribution in [0.1, 0.15) is 11.1 Å². The topological polar surface area (TPSA) is 40.5 Å². The summed E-state index contributed by atoms with van der Waals surface area (Å²) in [5.74, 6) is 0.708. The minimum absolute atomic E-state index is 0.329. The first-order chi connectivity index (χ1) is 8.51. The van der Waals surface area contributed by atoms with E-state index >= 15 is 0 Å². The molecule has 18 heavy (non-hydrogen) atoms. The smallest absolute Gasteiger partial charge is 0.116 e. The highest BCUT2D eigenvalue weighted by Crippen LogP contribution is 2.13. The van der Waals surface area contributed by atoms with Gasteiger partial charge >= 0.3 is 0 Å². The molecule has 0 aromatic heterocycles. The summed E-state index contributed by atoms with van der Waals surface area (Å²) in [6.45, 7) is 6.08. The van der Waals surface area contributed by atoms with Crippen LogP contribution in [-0.2, 0) is 0 Å². The van der Waals surface area contributed by atoms with Crippen LogP contribution in [0.4, 0.5) is 0 Å². The first kappa shape index (κ1) is 14.5. The molecule has 0 aliphatic heterocycles. The third-order valence-corrected chi connectivity index (χ3v) is 3.25. The number of aryl methyl sites for hydroxylation is 2. The molecule has 0 radical (unpaired) electrons. The Morgan fingerprint density at radius 1 is 0.778 bits per heavy atom. The summed E-state index contributed by atoms with van der Waals surface area (Å²) in [6.07, 6.45) is 0. The normalized spacial score (nSPS) is 10.2. The summed E-state index contributed by atoms with van der Waals surface area (Å²) < 4.78 is 0. The quantitative estimate of drug-likeness (QED) is 0.774. The Bertz CT molecular complexity index is 451. The van der Waals surface area contributed by atoms with Gasteiger partial charge in [-0.15, -0.1) is 0 Å². The van der Waals surface area contributed by atoms with Crippen molar-refractivity contribution in [2.24, 2.45) is 0 Å². The van der Waals surface area contributed by atoms with E-state index in [0.29, 0.717) is 11.5 Å². The van der Waals surface area contributed by atoms with Crippen molar-refractivity contribution in [3.8, 4) is 11.5 Å². The molecule has 0 aliphatic carbocycles. The Kier molecular flexibility index (Phi) is 5.67. The lowest BCUT2D eigenvalue weighted by Crippen LogP contribution is -1.92. The van der Waals surface area contributed by atoms with Gasteiger partial charge in [-0.05, 0) is 55.6 Å². The number of hydrogen-bond donors (Lipinski definition) is 2. The molecule has 3 heteroatoms. The van der Waals surface area contributed by atoms with E-state index in [1.807, 2.05) is 32.0 Å². The van der Waals surface area contributed by atoms with E-state index in [-0.39, 0.29) is 0 Å². The Morgan fingerprint density at radius 2 is 1.39 bits per heavy atom. The van der Waals surface area contributed by atoms with Crippen LogP contribution in [0, 0.1) is 13.8 Å². The van der Waals surface area contributed by atoms with Crippen LogP contribution in [0.25, 0.3) is 0 Å². The van der Waals surface area contributed by atoms with Crippen molar-refractivity contribution in [3.05, 3.63) is 53.6 Å². The average molecular weight is 262 g/mol. The van der Waals surface area contributed by atoms with Crippen LogP contribution < -0.4 is 5.30 Å². The maximum absolute atomic E-state index is 9.13. The second-order valence-corrected chi connectivity index (χ2v) is 5.22. The molecular formula is C15H19O2P. The SMILES string of the molecule is CPc1cc(C)cc(O)c1.Cc1ccc(O)cc1. The molecule has 1 unspecified atom stereocenters. The summed E-state index contributed by atoms with van der Waals surface area (Å²) in [4.78, 5) is 0. The van der Waals surface area contributed by atoms with Gasteiger partial charge in [-0.3, -0.25) is 0 Å². The van der Waals surface area contributed by atoms with Crippen molar-refractivity contribution in [3.63, 3.8) is 0 Å². The van der Waals surface area contributed by atoms with Gasteiger partial charge in [-0.2, -0.15) is 0 Å². The van der Waals surface area contributed by atoms with Crippen LogP contribution >= 0.6 is 8.58 Å². The molecule has 0 saturated heterocycles. The number of benzene rings is 2. The van der Waals surface area contributed by atoms with E-state index in [4.69, 9.17) is 10.2 Å². The van der Waals surface area contributed by atoms with Crippen molar-refractivity contribution in [2.45, 2.75) is 13.8 Å². The van der Waals surface area contributed by atoms with Crippen molar-refractivity contribution in [1.29, 1.82) is 0 Å². The second kappa shape index (κ2) is 7.03. The van der Waals surface area contributed by atoms with Crippen LogP contribution in [0.3, 0.4) is 0 Å². The van der Waals surface area contributed by atoms with Gasteiger partial charge < -0.3 is 10.2 Å². The van der Waals surface area contributed by atoms with Crippen molar-refractivity contribution < 1.29 is 10.2 Å². The molecule has 2 rings (SSSR count). The molecule has 2 N–H and O–H groups in total. The molecule has 0 bridgehead atoms. The number of aromatic hydroxyl groups is 2. The molecule has 0 aliphatic rings. The zero-order valence-corrected chi connectivity index (χ0v) is 11.9. The third kappa shape index (κ3) is 5.20. The zero-order chi connectivity index (χ0) is 13.5. The Hall–Kier alpha value is -1.53. The zero-order valence-electron chi connectivity index (χ0n) is 10.9. The Labute approximate surface area is 110 Å². The van der Waals surface area contributed by atoms with E-state index in [1.165, 1.54) is 10.9 Å². The molecule has 96 valence electrons. The van der Waals surface area contributed by atoms with E-state index in [0.717, 1.165) is 14.1 Å². The maximum Gasteiger partial charge on any atom is 0.116 e. The predicted molar refractivity (Wildman–Crippen MR) is 79.6 cm³/mol. The highest BCUT2D eigenvalue weighted by molar-refractivity contribution is 7.46. The Balaban J connectivity index is 0.000000184. The van der Waals surface area contributed by atoms with E-state index < -0.39 is 0 Å². The van der Waals surface area contributed by atoms with Gasteiger partial charge in [0.15, 0.2) is 0 Å². The Morgan fingerprint density at radius 3 is 1.83 bits per heavy atom. The summed E-state index contributed by atoms with van der Waals surface area (Å²) in [6, 6.07) is 12.8. The fraction of sp³-hybridized carbons (Fsp3) is 0.200. The highest BCUT2D eigenvalue weighted by atomic mass is 31.1. The van der Waals surface area contributed by atoms with Crippen LogP contribution in [0.5, 0.6) is 11.5 Å². The second-order valence-electron chi connectivity index (χ2n) is 4.14. The molecular weight excluding hydrogens is 243 g/mol. The summed E-state index contributed by atoms with van der Waals surface area (Å²) in [7, 11) is 0.763. The van der Waals surface area contributed by atoms with Gasteiger partial charge in [0.25, 0.3) is 0 Å². The average Bonchev–Trinajstić information content (AvgIpc) is 2.32. The van der Waals surface area contributed by atoms with Gasteiger partial charge in [-0.25, -0.2) is 0 Å². The van der Waals surface area contributed by atoms with E-state index in [9.17, 15) is 0 Å². The molecule has 0 amide bonds. The van der Waals surface area contributed by atoms with Crippen LogP contribution in [0.15, 0.2) is 42.5 Å². The largest absolute Gasteiger partial charge is 0.508 e. The lowest BCUT2D eigenvalue weighted by atomic mass is 10.2. The monoisotopic (exact) mass is 262 g/mol. The molecule has 2 aromatic rings. The molecule has 0 heterocycles. The van der Waals surface area contributed by atoms with Gasteiger partial charge in [0, 0.05) is 0 Å². The predicted octanol–water partition coefficient (Wildman–Crippen LogP) is 3.33. The molecule has 0 spiro atoms. The number of hydrogen-bond acceptors (Lipinski definition) is 2. The van der Waals surface area contributed by atoms with Gasteiger partial charge in [-0.1, -0.05) is 32.3 Å². The number of phenols is 2. The lowest BCUT2D eigenvalue weighted by Gasteiger charge is -1.99. The van der Waals surface area contributed by atoms with Crippen LogP contribution in [0.2, 0.25) is 0 Å². The molecule has 2 nitrogen and oxygen atoms in total. The number of rotatable bonds is 1. The van der Waals surface area contributed by atoms with Crippen molar-refractivity contribution >= 4 is 13.9 Å². The molecule has 0 saturated carbocycles. The molecule has 2 aromatic carbocycles. The fourth-order valence-electron chi connectivity index (χ4n) is 1.45. The summed E-state index contributed by atoms with van der Waals surface area (Å²) in [5.41, 5.74) is 2.30. The van der Waals surface area contributed by atoms with Crippen molar-refractivity contribution in [2.75, 3.05) is 6.66 Å². The maximum atomic E-state index is 9.13. The van der Waals surface area contributed by atoms with Gasteiger partial charge in [0.2, 0.25) is 0 Å². The van der Waals surface area contributed by atoms with Gasteiger partial charge in [0.1, 0.15) is 11.5 Å². The minimum atomic E-state index is 0.329. The highest BCUT2D eigenvalue weighted by Gasteiger charge is 1.93. The fourth-order valence-corrected chi connectivity index (χ4v) is 2.12.